The van der Waals surface area contributed by atoms with Crippen LogP contribution in [-0.2, 0) is 19.6 Å². The molecule has 0 aromatic carbocycles. The molecule has 0 aromatic heterocycles. The minimum Gasteiger partial charge on any atom is -0.227 e. The number of rotatable bonds is 12. The molecular formula is C23H46O4. The second kappa shape index (κ2) is 10.0. The first-order valence-corrected chi connectivity index (χ1v) is 11.3. The van der Waals surface area contributed by atoms with Crippen LogP contribution in [0.15, 0.2) is 0 Å². The van der Waals surface area contributed by atoms with Gasteiger partial charge in [0.1, 0.15) is 11.2 Å². The van der Waals surface area contributed by atoms with Crippen LogP contribution in [-0.4, -0.2) is 17.0 Å². The Bertz CT molecular complexity index is 412. The summed E-state index contributed by atoms with van der Waals surface area (Å²) in [5.41, 5.74) is -0.500. The normalized spacial score (nSPS) is 29.9. The van der Waals surface area contributed by atoms with Crippen LogP contribution in [0.1, 0.15) is 120 Å². The van der Waals surface area contributed by atoms with Gasteiger partial charge in [-0.05, 0) is 57.8 Å². The van der Waals surface area contributed by atoms with E-state index in [-0.39, 0.29) is 22.5 Å². The Balaban J connectivity index is 3.03. The summed E-state index contributed by atoms with van der Waals surface area (Å²) in [6, 6.07) is 0. The smallest absolute Gasteiger partial charge is 0.227 e. The molecule has 4 nitrogen and oxygen atoms in total. The van der Waals surface area contributed by atoms with Gasteiger partial charge in [0, 0.05) is 12.3 Å². The van der Waals surface area contributed by atoms with Crippen LogP contribution in [0.25, 0.3) is 0 Å². The van der Waals surface area contributed by atoms with Gasteiger partial charge in [0.05, 0.1) is 0 Å². The van der Waals surface area contributed by atoms with Gasteiger partial charge in [0.15, 0.2) is 0 Å². The second-order valence-electron chi connectivity index (χ2n) is 9.82. The van der Waals surface area contributed by atoms with Gasteiger partial charge in [-0.25, -0.2) is 9.78 Å². The van der Waals surface area contributed by atoms with Crippen LogP contribution < -0.4 is 0 Å². The summed E-state index contributed by atoms with van der Waals surface area (Å²) >= 11 is 0. The first-order chi connectivity index (χ1) is 12.5. The first-order valence-electron chi connectivity index (χ1n) is 11.3. The van der Waals surface area contributed by atoms with E-state index in [1.165, 1.54) is 0 Å². The summed E-state index contributed by atoms with van der Waals surface area (Å²) in [5.74, 6) is -0.708. The van der Waals surface area contributed by atoms with Gasteiger partial charge in [-0.3, -0.25) is 0 Å². The molecule has 1 aliphatic rings. The van der Waals surface area contributed by atoms with Gasteiger partial charge in [-0.15, -0.1) is 0 Å². The van der Waals surface area contributed by atoms with Crippen molar-refractivity contribution in [2.75, 3.05) is 0 Å². The quantitative estimate of drug-likeness (QED) is 0.199. The molecule has 27 heavy (non-hydrogen) atoms. The van der Waals surface area contributed by atoms with Crippen molar-refractivity contribution < 1.29 is 19.6 Å². The summed E-state index contributed by atoms with van der Waals surface area (Å²) in [4.78, 5) is 24.6. The van der Waals surface area contributed by atoms with Crippen molar-refractivity contribution >= 4 is 0 Å². The van der Waals surface area contributed by atoms with Crippen molar-refractivity contribution in [1.82, 2.24) is 0 Å². The maximum atomic E-state index is 6.20. The molecule has 1 fully saturated rings. The molecular weight excluding hydrogens is 340 g/mol. The number of hydrogen-bond acceptors (Lipinski definition) is 4. The van der Waals surface area contributed by atoms with Gasteiger partial charge < -0.3 is 0 Å². The van der Waals surface area contributed by atoms with Gasteiger partial charge in [-0.2, -0.15) is 9.78 Å². The topological polar surface area (TPSA) is 36.9 Å². The highest BCUT2D eigenvalue weighted by molar-refractivity contribution is 4.91. The Morgan fingerprint density at radius 3 is 1.63 bits per heavy atom. The molecule has 0 aliphatic heterocycles. The highest BCUT2D eigenvalue weighted by Gasteiger charge is 2.53. The summed E-state index contributed by atoms with van der Waals surface area (Å²) in [6.07, 6.45) is 8.82. The zero-order chi connectivity index (χ0) is 20.8. The van der Waals surface area contributed by atoms with Crippen molar-refractivity contribution in [3.8, 4) is 0 Å². The predicted octanol–water partition coefficient (Wildman–Crippen LogP) is 7.36. The van der Waals surface area contributed by atoms with E-state index in [2.05, 4.69) is 62.3 Å². The van der Waals surface area contributed by atoms with Crippen LogP contribution in [0.4, 0.5) is 0 Å². The molecule has 3 unspecified atom stereocenters. The lowest BCUT2D eigenvalue weighted by Crippen LogP contribution is -2.53. The van der Waals surface area contributed by atoms with Crippen LogP contribution in [0, 0.1) is 11.3 Å². The number of hydrogen-bond donors (Lipinski definition) is 0. The van der Waals surface area contributed by atoms with E-state index in [1.807, 2.05) is 0 Å². The molecule has 0 heterocycles. The zero-order valence-corrected chi connectivity index (χ0v) is 19.6. The molecule has 1 rings (SSSR count). The highest BCUT2D eigenvalue weighted by atomic mass is 17.3. The van der Waals surface area contributed by atoms with Gasteiger partial charge in [-0.1, -0.05) is 61.3 Å². The third kappa shape index (κ3) is 6.42. The largest absolute Gasteiger partial charge is 0.237 e. The van der Waals surface area contributed by atoms with Crippen molar-refractivity contribution in [3.05, 3.63) is 0 Å². The monoisotopic (exact) mass is 386 g/mol. The summed E-state index contributed by atoms with van der Waals surface area (Å²) in [5, 5.41) is 0. The fourth-order valence-corrected chi connectivity index (χ4v) is 4.01. The maximum absolute atomic E-state index is 6.20. The first kappa shape index (κ1) is 24.9. The van der Waals surface area contributed by atoms with E-state index in [4.69, 9.17) is 19.6 Å². The van der Waals surface area contributed by atoms with Gasteiger partial charge in [0.2, 0.25) is 5.79 Å². The standard InChI is InChI=1S/C23H46O4/c1-10-15-21(8,12-3)24-26-23(18-14-17-20(6,7)19(23)5)27-25-22(9,13-4)16-11-2/h19H,10-18H2,1-9H3. The molecule has 1 saturated carbocycles. The maximum Gasteiger partial charge on any atom is 0.237 e. The Morgan fingerprint density at radius 1 is 0.815 bits per heavy atom. The Labute approximate surface area is 168 Å². The summed E-state index contributed by atoms with van der Waals surface area (Å²) < 4.78 is 0. The fraction of sp³-hybridized carbons (Fsp3) is 1.00. The molecule has 4 heteroatoms. The Kier molecular flexibility index (Phi) is 9.26. The van der Waals surface area contributed by atoms with E-state index in [0.717, 1.165) is 57.8 Å². The average molecular weight is 387 g/mol. The molecule has 0 spiro atoms. The molecule has 0 aromatic rings. The van der Waals surface area contributed by atoms with Gasteiger partial charge in [0.25, 0.3) is 0 Å². The van der Waals surface area contributed by atoms with Crippen LogP contribution >= 0.6 is 0 Å². The van der Waals surface area contributed by atoms with Crippen LogP contribution in [0.2, 0.25) is 0 Å². The predicted molar refractivity (Wildman–Crippen MR) is 111 cm³/mol. The van der Waals surface area contributed by atoms with Crippen molar-refractivity contribution in [1.29, 1.82) is 0 Å². The zero-order valence-electron chi connectivity index (χ0n) is 19.6. The minimum absolute atomic E-state index is 0.103. The SMILES string of the molecule is CCCC(C)(CC)OOC1(OOC(C)(CC)CCC)CCCC(C)(C)C1C. The summed E-state index contributed by atoms with van der Waals surface area (Å²) in [7, 11) is 0. The van der Waals surface area contributed by atoms with Crippen LogP contribution in [0.5, 0.6) is 0 Å². The van der Waals surface area contributed by atoms with E-state index >= 15 is 0 Å². The molecule has 0 N–H and O–H groups in total. The molecule has 0 radical (unpaired) electrons. The van der Waals surface area contributed by atoms with E-state index < -0.39 is 5.79 Å². The average Bonchev–Trinajstić information content (AvgIpc) is 2.62. The second-order valence-corrected chi connectivity index (χ2v) is 9.82. The highest BCUT2D eigenvalue weighted by Crippen LogP contribution is 2.49. The van der Waals surface area contributed by atoms with Crippen molar-refractivity contribution in [2.45, 2.75) is 137 Å². The van der Waals surface area contributed by atoms with E-state index in [9.17, 15) is 0 Å². The molecule has 0 amide bonds. The van der Waals surface area contributed by atoms with Gasteiger partial charge >= 0.3 is 0 Å². The molecule has 3 atom stereocenters. The van der Waals surface area contributed by atoms with Crippen LogP contribution in [0.3, 0.4) is 0 Å². The lowest BCUT2D eigenvalue weighted by Gasteiger charge is -2.49. The molecule has 0 bridgehead atoms. The summed E-state index contributed by atoms with van der Waals surface area (Å²) in [6.45, 7) is 19.7. The molecule has 162 valence electrons. The lowest BCUT2D eigenvalue weighted by atomic mass is 9.66. The third-order valence-electron chi connectivity index (χ3n) is 7.00. The van der Waals surface area contributed by atoms with E-state index in [1.54, 1.807) is 0 Å². The Morgan fingerprint density at radius 2 is 1.26 bits per heavy atom. The molecule has 1 aliphatic carbocycles. The minimum atomic E-state index is -0.865. The molecule has 0 saturated heterocycles. The fourth-order valence-electron chi connectivity index (χ4n) is 4.01. The van der Waals surface area contributed by atoms with Crippen molar-refractivity contribution in [3.63, 3.8) is 0 Å². The van der Waals surface area contributed by atoms with Crippen molar-refractivity contribution in [2.24, 2.45) is 11.3 Å². The van der Waals surface area contributed by atoms with E-state index in [0.29, 0.717) is 0 Å². The third-order valence-corrected chi connectivity index (χ3v) is 7.00. The lowest BCUT2D eigenvalue weighted by molar-refractivity contribution is -0.564. The Hall–Kier alpha value is -0.160.